The molecular weight excluding hydrogens is 382 g/mol. The Morgan fingerprint density at radius 2 is 1.68 bits per heavy atom. The van der Waals surface area contributed by atoms with Gasteiger partial charge in [0.1, 0.15) is 0 Å². The number of benzene rings is 1. The molecule has 1 aliphatic rings. The third-order valence-corrected chi connectivity index (χ3v) is 7.17. The van der Waals surface area contributed by atoms with E-state index in [1.807, 2.05) is 0 Å². The zero-order valence-corrected chi connectivity index (χ0v) is 17.8. The Bertz CT molecular complexity index is 821. The Labute approximate surface area is 167 Å². The Kier molecular flexibility index (Phi) is 7.42. The van der Waals surface area contributed by atoms with Gasteiger partial charge in [-0.1, -0.05) is 19.9 Å². The van der Waals surface area contributed by atoms with Crippen LogP contribution in [0.15, 0.2) is 23.1 Å². The van der Waals surface area contributed by atoms with E-state index < -0.39 is 16.1 Å². The summed E-state index contributed by atoms with van der Waals surface area (Å²) >= 11 is 0. The van der Waals surface area contributed by atoms with Gasteiger partial charge >= 0.3 is 6.09 Å². The predicted octanol–water partition coefficient (Wildman–Crippen LogP) is 1.94. The van der Waals surface area contributed by atoms with E-state index in [9.17, 15) is 18.0 Å². The number of nitrogens with zero attached hydrogens (tertiary/aromatic N) is 3. The molecule has 0 aromatic heterocycles. The average Bonchev–Trinajstić information content (AvgIpc) is 2.94. The van der Waals surface area contributed by atoms with Gasteiger partial charge < -0.3 is 14.5 Å². The maximum Gasteiger partial charge on any atom is 0.409 e. The number of hydrogen-bond donors (Lipinski definition) is 0. The molecule has 8 nitrogen and oxygen atoms in total. The Morgan fingerprint density at radius 3 is 2.29 bits per heavy atom. The second-order valence-corrected chi connectivity index (χ2v) is 8.58. The van der Waals surface area contributed by atoms with E-state index in [0.717, 1.165) is 0 Å². The zero-order valence-electron chi connectivity index (χ0n) is 17.0. The van der Waals surface area contributed by atoms with E-state index in [0.29, 0.717) is 56.8 Å². The SMILES string of the molecule is CCN(CC)S(=O)(=O)c1cc(C(=O)N2CCCN(C(=O)OC)CC2)ccc1C. The van der Waals surface area contributed by atoms with Gasteiger partial charge in [-0.15, -0.1) is 0 Å². The Balaban J connectivity index is 2.26. The highest BCUT2D eigenvalue weighted by atomic mass is 32.2. The van der Waals surface area contributed by atoms with Gasteiger partial charge in [-0.05, 0) is 31.0 Å². The van der Waals surface area contributed by atoms with Gasteiger partial charge in [0.15, 0.2) is 0 Å². The van der Waals surface area contributed by atoms with Crippen LogP contribution >= 0.6 is 0 Å². The monoisotopic (exact) mass is 411 g/mol. The molecule has 1 saturated heterocycles. The van der Waals surface area contributed by atoms with Crippen LogP contribution in [0, 0.1) is 6.92 Å². The molecule has 0 N–H and O–H groups in total. The van der Waals surface area contributed by atoms with Crippen LogP contribution in [0.1, 0.15) is 36.2 Å². The molecule has 1 fully saturated rings. The highest BCUT2D eigenvalue weighted by Gasteiger charge is 2.27. The van der Waals surface area contributed by atoms with Gasteiger partial charge in [0.25, 0.3) is 5.91 Å². The number of rotatable bonds is 5. The van der Waals surface area contributed by atoms with E-state index >= 15 is 0 Å². The summed E-state index contributed by atoms with van der Waals surface area (Å²) in [5.74, 6) is -0.234. The third kappa shape index (κ3) is 4.64. The van der Waals surface area contributed by atoms with E-state index in [-0.39, 0.29) is 10.8 Å². The number of carbonyl (C=O) groups excluding carboxylic acids is 2. The van der Waals surface area contributed by atoms with Crippen molar-refractivity contribution in [2.24, 2.45) is 0 Å². The average molecular weight is 412 g/mol. The molecule has 156 valence electrons. The fourth-order valence-corrected chi connectivity index (χ4v) is 5.04. The standard InChI is InChI=1S/C19H29N3O5S/c1-5-22(6-2)28(25,26)17-14-16(9-8-15(17)3)18(23)20-10-7-11-21(13-12-20)19(24)27-4/h8-9,14H,5-7,10-13H2,1-4H3. The smallest absolute Gasteiger partial charge is 0.409 e. The van der Waals surface area contributed by atoms with E-state index in [1.165, 1.54) is 17.5 Å². The quantitative estimate of drug-likeness (QED) is 0.739. The first-order valence-electron chi connectivity index (χ1n) is 9.49. The third-order valence-electron chi connectivity index (χ3n) is 4.97. The minimum absolute atomic E-state index is 0.160. The van der Waals surface area contributed by atoms with Crippen LogP contribution in [0.5, 0.6) is 0 Å². The van der Waals surface area contributed by atoms with Crippen molar-refractivity contribution in [3.05, 3.63) is 29.3 Å². The second-order valence-electron chi connectivity index (χ2n) is 6.67. The van der Waals surface area contributed by atoms with E-state index in [1.54, 1.807) is 42.7 Å². The Hall–Kier alpha value is -2.13. The molecule has 2 rings (SSSR count). The van der Waals surface area contributed by atoms with Crippen molar-refractivity contribution in [1.82, 2.24) is 14.1 Å². The van der Waals surface area contributed by atoms with Crippen molar-refractivity contribution in [3.8, 4) is 0 Å². The molecule has 1 aromatic rings. The van der Waals surface area contributed by atoms with Gasteiger partial charge in [0.05, 0.1) is 12.0 Å². The minimum atomic E-state index is -3.66. The lowest BCUT2D eigenvalue weighted by molar-refractivity contribution is 0.0757. The summed E-state index contributed by atoms with van der Waals surface area (Å²) in [7, 11) is -2.32. The minimum Gasteiger partial charge on any atom is -0.453 e. The van der Waals surface area contributed by atoms with E-state index in [4.69, 9.17) is 4.74 Å². The highest BCUT2D eigenvalue weighted by molar-refractivity contribution is 7.89. The molecule has 0 aliphatic carbocycles. The van der Waals surface area contributed by atoms with Crippen molar-refractivity contribution < 1.29 is 22.7 Å². The van der Waals surface area contributed by atoms with Crippen LogP contribution in [0.2, 0.25) is 0 Å². The molecule has 0 atom stereocenters. The first kappa shape index (κ1) is 22.2. The van der Waals surface area contributed by atoms with Crippen molar-refractivity contribution in [1.29, 1.82) is 0 Å². The van der Waals surface area contributed by atoms with Crippen LogP contribution in [-0.4, -0.2) is 80.9 Å². The Morgan fingerprint density at radius 1 is 1.07 bits per heavy atom. The molecule has 9 heteroatoms. The van der Waals surface area contributed by atoms with Gasteiger partial charge in [-0.3, -0.25) is 4.79 Å². The lowest BCUT2D eigenvalue weighted by atomic mass is 10.1. The zero-order chi connectivity index (χ0) is 20.9. The number of amides is 2. The van der Waals surface area contributed by atoms with Gasteiger partial charge in [-0.25, -0.2) is 13.2 Å². The van der Waals surface area contributed by atoms with Gasteiger partial charge in [0, 0.05) is 44.8 Å². The van der Waals surface area contributed by atoms with Crippen LogP contribution in [-0.2, 0) is 14.8 Å². The van der Waals surface area contributed by atoms with Crippen molar-refractivity contribution in [3.63, 3.8) is 0 Å². The predicted molar refractivity (Wildman–Crippen MR) is 106 cm³/mol. The normalized spacial score (nSPS) is 15.5. The molecule has 0 unspecified atom stereocenters. The molecule has 28 heavy (non-hydrogen) atoms. The maximum atomic E-state index is 13.0. The lowest BCUT2D eigenvalue weighted by Crippen LogP contribution is -2.37. The number of methoxy groups -OCH3 is 1. The van der Waals surface area contributed by atoms with Gasteiger partial charge in [-0.2, -0.15) is 4.31 Å². The van der Waals surface area contributed by atoms with Crippen LogP contribution in [0.4, 0.5) is 4.79 Å². The summed E-state index contributed by atoms with van der Waals surface area (Å²) in [4.78, 5) is 28.1. The summed E-state index contributed by atoms with van der Waals surface area (Å²) in [6, 6.07) is 4.79. The number of carbonyl (C=O) groups is 2. The fraction of sp³-hybridized carbons (Fsp3) is 0.579. The first-order valence-corrected chi connectivity index (χ1v) is 10.9. The molecule has 0 saturated carbocycles. The van der Waals surface area contributed by atoms with Gasteiger partial charge in [0.2, 0.25) is 10.0 Å². The molecule has 1 aliphatic heterocycles. The molecule has 2 amide bonds. The number of hydrogen-bond acceptors (Lipinski definition) is 5. The summed E-state index contributed by atoms with van der Waals surface area (Å²) in [6.07, 6.45) is 0.231. The molecule has 0 bridgehead atoms. The molecule has 1 aromatic carbocycles. The summed E-state index contributed by atoms with van der Waals surface area (Å²) in [5.41, 5.74) is 0.944. The second kappa shape index (κ2) is 9.38. The maximum absolute atomic E-state index is 13.0. The summed E-state index contributed by atoms with van der Waals surface area (Å²) in [6.45, 7) is 7.81. The van der Waals surface area contributed by atoms with Crippen LogP contribution in [0.25, 0.3) is 0 Å². The van der Waals surface area contributed by atoms with Crippen molar-refractivity contribution >= 4 is 22.0 Å². The van der Waals surface area contributed by atoms with Crippen LogP contribution < -0.4 is 0 Å². The van der Waals surface area contributed by atoms with Crippen molar-refractivity contribution in [2.45, 2.75) is 32.1 Å². The molecule has 1 heterocycles. The van der Waals surface area contributed by atoms with Crippen molar-refractivity contribution in [2.75, 3.05) is 46.4 Å². The summed E-state index contributed by atoms with van der Waals surface area (Å²) in [5, 5.41) is 0. The molecular formula is C19H29N3O5S. The fourth-order valence-electron chi connectivity index (χ4n) is 3.33. The summed E-state index contributed by atoms with van der Waals surface area (Å²) < 4.78 is 32.0. The van der Waals surface area contributed by atoms with E-state index in [2.05, 4.69) is 0 Å². The lowest BCUT2D eigenvalue weighted by Gasteiger charge is -2.23. The molecule has 0 spiro atoms. The largest absolute Gasteiger partial charge is 0.453 e. The first-order chi connectivity index (χ1) is 13.3. The topological polar surface area (TPSA) is 87.2 Å². The van der Waals surface area contributed by atoms with Crippen LogP contribution in [0.3, 0.4) is 0 Å². The number of sulfonamides is 1. The highest BCUT2D eigenvalue weighted by Crippen LogP contribution is 2.22. The molecule has 0 radical (unpaired) electrons. The number of ether oxygens (including phenoxy) is 1. The number of aryl methyl sites for hydroxylation is 1.